The fraction of sp³-hybridized carbons (Fsp3) is 0.333. The summed E-state index contributed by atoms with van der Waals surface area (Å²) in [5.41, 5.74) is 7.98. The van der Waals surface area contributed by atoms with Crippen molar-refractivity contribution in [3.63, 3.8) is 0 Å². The Balaban J connectivity index is 1.97. The van der Waals surface area contributed by atoms with E-state index in [4.69, 9.17) is 17.3 Å². The third-order valence-corrected chi connectivity index (χ3v) is 5.32. The molecular formula is C15H16ClNS. The third-order valence-electron chi connectivity index (χ3n) is 4.11. The molecule has 2 aromatic rings. The van der Waals surface area contributed by atoms with Crippen LogP contribution in [0.15, 0.2) is 41.8 Å². The van der Waals surface area contributed by atoms with Crippen LogP contribution < -0.4 is 5.73 Å². The number of rotatable bonds is 3. The molecule has 0 aliphatic heterocycles. The number of hydrogen-bond donors (Lipinski definition) is 1. The topological polar surface area (TPSA) is 26.0 Å². The van der Waals surface area contributed by atoms with Gasteiger partial charge in [0.1, 0.15) is 0 Å². The van der Waals surface area contributed by atoms with Crippen LogP contribution in [0.25, 0.3) is 0 Å². The highest BCUT2D eigenvalue weighted by Crippen LogP contribution is 2.51. The summed E-state index contributed by atoms with van der Waals surface area (Å²) in [6, 6.07) is 12.5. The van der Waals surface area contributed by atoms with Crippen molar-refractivity contribution in [3.05, 3.63) is 57.2 Å². The highest BCUT2D eigenvalue weighted by Gasteiger charge is 2.44. The third kappa shape index (κ3) is 1.89. The van der Waals surface area contributed by atoms with Gasteiger partial charge >= 0.3 is 0 Å². The van der Waals surface area contributed by atoms with Gasteiger partial charge in [-0.05, 0) is 42.0 Å². The van der Waals surface area contributed by atoms with Crippen molar-refractivity contribution in [2.45, 2.75) is 30.7 Å². The smallest absolute Gasteiger partial charge is 0.0487 e. The first kappa shape index (κ1) is 12.2. The normalized spacial score (nSPS) is 19.2. The zero-order chi connectivity index (χ0) is 12.6. The van der Waals surface area contributed by atoms with Crippen LogP contribution in [-0.2, 0) is 5.41 Å². The summed E-state index contributed by atoms with van der Waals surface area (Å²) in [7, 11) is 0. The van der Waals surface area contributed by atoms with Gasteiger partial charge in [-0.2, -0.15) is 0 Å². The number of hydrogen-bond acceptors (Lipinski definition) is 2. The molecule has 1 atom stereocenters. The van der Waals surface area contributed by atoms with E-state index in [1.165, 1.54) is 29.7 Å². The lowest BCUT2D eigenvalue weighted by atomic mass is 9.60. The fourth-order valence-corrected chi connectivity index (χ4v) is 3.83. The van der Waals surface area contributed by atoms with E-state index >= 15 is 0 Å². The summed E-state index contributed by atoms with van der Waals surface area (Å²) in [6.07, 6.45) is 3.61. The van der Waals surface area contributed by atoms with Crippen LogP contribution >= 0.6 is 22.9 Å². The van der Waals surface area contributed by atoms with E-state index in [0.717, 1.165) is 5.02 Å². The molecule has 0 bridgehead atoms. The molecule has 1 aliphatic rings. The quantitative estimate of drug-likeness (QED) is 0.877. The van der Waals surface area contributed by atoms with E-state index in [9.17, 15) is 0 Å². The average Bonchev–Trinajstić information content (AvgIpc) is 2.83. The van der Waals surface area contributed by atoms with Crippen LogP contribution in [0.3, 0.4) is 0 Å². The van der Waals surface area contributed by atoms with Crippen LogP contribution in [0.4, 0.5) is 0 Å². The summed E-state index contributed by atoms with van der Waals surface area (Å²) in [4.78, 5) is 1.28. The Kier molecular flexibility index (Phi) is 3.18. The van der Waals surface area contributed by atoms with Crippen LogP contribution in [0, 0.1) is 0 Å². The second kappa shape index (κ2) is 4.69. The summed E-state index contributed by atoms with van der Waals surface area (Å²) < 4.78 is 0. The van der Waals surface area contributed by atoms with Crippen molar-refractivity contribution in [2.75, 3.05) is 0 Å². The monoisotopic (exact) mass is 277 g/mol. The second-order valence-electron chi connectivity index (χ2n) is 5.01. The standard InChI is InChI=1S/C15H16ClNS/c16-12-6-4-11(5-7-12)15(8-2-9-15)14(17)13-3-1-10-18-13/h1,3-7,10,14H,2,8-9,17H2. The number of nitrogens with two attached hydrogens (primary N) is 1. The van der Waals surface area contributed by atoms with E-state index in [-0.39, 0.29) is 11.5 Å². The summed E-state index contributed by atoms with van der Waals surface area (Å²) in [5.74, 6) is 0. The highest BCUT2D eigenvalue weighted by molar-refractivity contribution is 7.10. The van der Waals surface area contributed by atoms with E-state index in [2.05, 4.69) is 29.6 Å². The Hall–Kier alpha value is -0.830. The molecule has 94 valence electrons. The SMILES string of the molecule is NC(c1cccs1)C1(c2ccc(Cl)cc2)CCC1. The largest absolute Gasteiger partial charge is 0.323 e. The molecule has 3 heteroatoms. The molecule has 1 unspecified atom stereocenters. The van der Waals surface area contributed by atoms with Gasteiger partial charge < -0.3 is 5.73 Å². The molecule has 1 fully saturated rings. The first-order valence-electron chi connectivity index (χ1n) is 6.27. The van der Waals surface area contributed by atoms with E-state index in [1.807, 2.05) is 12.1 Å². The van der Waals surface area contributed by atoms with Crippen LogP contribution in [0.1, 0.15) is 35.7 Å². The minimum atomic E-state index is 0.104. The lowest BCUT2D eigenvalue weighted by Crippen LogP contribution is -2.44. The molecule has 1 saturated carbocycles. The van der Waals surface area contributed by atoms with Crippen molar-refractivity contribution < 1.29 is 0 Å². The molecule has 3 rings (SSSR count). The molecule has 1 heterocycles. The van der Waals surface area contributed by atoms with Crippen LogP contribution in [-0.4, -0.2) is 0 Å². The minimum absolute atomic E-state index is 0.104. The van der Waals surface area contributed by atoms with Gasteiger partial charge in [-0.25, -0.2) is 0 Å². The number of thiophene rings is 1. The van der Waals surface area contributed by atoms with Gasteiger partial charge in [0.2, 0.25) is 0 Å². The predicted molar refractivity (Wildman–Crippen MR) is 78.2 cm³/mol. The van der Waals surface area contributed by atoms with Crippen molar-refractivity contribution in [1.82, 2.24) is 0 Å². The van der Waals surface area contributed by atoms with Crippen molar-refractivity contribution in [2.24, 2.45) is 5.73 Å². The second-order valence-corrected chi connectivity index (χ2v) is 6.43. The molecule has 1 aliphatic carbocycles. The van der Waals surface area contributed by atoms with Gasteiger partial charge in [-0.15, -0.1) is 11.3 Å². The first-order valence-corrected chi connectivity index (χ1v) is 7.53. The Morgan fingerprint density at radius 1 is 1.17 bits per heavy atom. The number of benzene rings is 1. The molecule has 1 aromatic heterocycles. The Bertz CT molecular complexity index is 514. The molecule has 18 heavy (non-hydrogen) atoms. The van der Waals surface area contributed by atoms with E-state index < -0.39 is 0 Å². The Morgan fingerprint density at radius 2 is 1.89 bits per heavy atom. The molecule has 0 spiro atoms. The van der Waals surface area contributed by atoms with Gasteiger partial charge in [0.15, 0.2) is 0 Å². The maximum Gasteiger partial charge on any atom is 0.0487 e. The van der Waals surface area contributed by atoms with E-state index in [1.54, 1.807) is 11.3 Å². The summed E-state index contributed by atoms with van der Waals surface area (Å²) in [5, 5.41) is 2.89. The van der Waals surface area contributed by atoms with Gasteiger partial charge in [0, 0.05) is 21.4 Å². The Morgan fingerprint density at radius 3 is 2.39 bits per heavy atom. The lowest BCUT2D eigenvalue weighted by molar-refractivity contribution is 0.198. The van der Waals surface area contributed by atoms with Crippen LogP contribution in [0.2, 0.25) is 5.02 Å². The highest BCUT2D eigenvalue weighted by atomic mass is 35.5. The molecular weight excluding hydrogens is 262 g/mol. The van der Waals surface area contributed by atoms with Crippen molar-refractivity contribution >= 4 is 22.9 Å². The van der Waals surface area contributed by atoms with Crippen molar-refractivity contribution in [3.8, 4) is 0 Å². The fourth-order valence-electron chi connectivity index (χ4n) is 2.86. The van der Waals surface area contributed by atoms with Gasteiger partial charge in [0.05, 0.1) is 0 Å². The maximum atomic E-state index is 6.53. The lowest BCUT2D eigenvalue weighted by Gasteiger charge is -2.46. The summed E-state index contributed by atoms with van der Waals surface area (Å²) in [6.45, 7) is 0. The first-order chi connectivity index (χ1) is 8.72. The zero-order valence-electron chi connectivity index (χ0n) is 10.1. The summed E-state index contributed by atoms with van der Waals surface area (Å²) >= 11 is 7.73. The average molecular weight is 278 g/mol. The number of halogens is 1. The van der Waals surface area contributed by atoms with Gasteiger partial charge in [-0.1, -0.05) is 36.2 Å². The molecule has 0 radical (unpaired) electrons. The predicted octanol–water partition coefficient (Wildman–Crippen LogP) is 4.52. The molecule has 1 aromatic carbocycles. The molecule has 0 amide bonds. The van der Waals surface area contributed by atoms with Crippen molar-refractivity contribution in [1.29, 1.82) is 0 Å². The minimum Gasteiger partial charge on any atom is -0.323 e. The van der Waals surface area contributed by atoms with Crippen LogP contribution in [0.5, 0.6) is 0 Å². The Labute approximate surface area is 117 Å². The molecule has 0 saturated heterocycles. The van der Waals surface area contributed by atoms with Gasteiger partial charge in [0.25, 0.3) is 0 Å². The molecule has 1 nitrogen and oxygen atoms in total. The molecule has 2 N–H and O–H groups in total. The zero-order valence-corrected chi connectivity index (χ0v) is 11.7. The van der Waals surface area contributed by atoms with Gasteiger partial charge in [-0.3, -0.25) is 0 Å². The van der Waals surface area contributed by atoms with E-state index in [0.29, 0.717) is 0 Å². The maximum absolute atomic E-state index is 6.53.